The molecule has 0 aromatic heterocycles. The standard InChI is InChI=1S/C19H30INO2/c1-2-21-19(22)11-9-7-5-3-4-6-8-10-16-23-18-14-12-17(20)13-15-18/h12-15H,2-11,16H2,1H3,(H,21,22). The molecule has 0 saturated heterocycles. The number of rotatable bonds is 13. The topological polar surface area (TPSA) is 38.3 Å². The number of halogens is 1. The molecule has 1 N–H and O–H groups in total. The van der Waals surface area contributed by atoms with Crippen LogP contribution in [0.1, 0.15) is 64.7 Å². The first-order chi connectivity index (χ1) is 11.2. The van der Waals surface area contributed by atoms with Gasteiger partial charge in [0, 0.05) is 16.5 Å². The Morgan fingerprint density at radius 1 is 0.957 bits per heavy atom. The Labute approximate surface area is 154 Å². The molecule has 0 heterocycles. The maximum absolute atomic E-state index is 11.3. The van der Waals surface area contributed by atoms with E-state index < -0.39 is 0 Å². The van der Waals surface area contributed by atoms with Crippen LogP contribution in [0, 0.1) is 3.57 Å². The molecule has 0 bridgehead atoms. The van der Waals surface area contributed by atoms with Gasteiger partial charge in [-0.15, -0.1) is 0 Å². The summed E-state index contributed by atoms with van der Waals surface area (Å²) in [5.74, 6) is 1.16. The molecular weight excluding hydrogens is 401 g/mol. The van der Waals surface area contributed by atoms with Crippen LogP contribution in [0.5, 0.6) is 5.75 Å². The van der Waals surface area contributed by atoms with Crippen molar-refractivity contribution < 1.29 is 9.53 Å². The van der Waals surface area contributed by atoms with Gasteiger partial charge < -0.3 is 10.1 Å². The van der Waals surface area contributed by atoms with E-state index >= 15 is 0 Å². The second-order valence-electron chi connectivity index (χ2n) is 5.83. The fraction of sp³-hybridized carbons (Fsp3) is 0.632. The van der Waals surface area contributed by atoms with Crippen molar-refractivity contribution >= 4 is 28.5 Å². The van der Waals surface area contributed by atoms with E-state index in [0.29, 0.717) is 6.42 Å². The van der Waals surface area contributed by atoms with E-state index in [0.717, 1.165) is 31.7 Å². The van der Waals surface area contributed by atoms with Crippen molar-refractivity contribution in [3.8, 4) is 5.75 Å². The molecule has 4 heteroatoms. The zero-order valence-electron chi connectivity index (χ0n) is 14.3. The Morgan fingerprint density at radius 2 is 1.52 bits per heavy atom. The molecule has 0 aliphatic carbocycles. The van der Waals surface area contributed by atoms with Gasteiger partial charge in [0.05, 0.1) is 6.61 Å². The second-order valence-corrected chi connectivity index (χ2v) is 7.08. The van der Waals surface area contributed by atoms with E-state index in [4.69, 9.17) is 4.74 Å². The number of carbonyl (C=O) groups excluding carboxylic acids is 1. The fourth-order valence-electron chi connectivity index (χ4n) is 2.45. The molecule has 1 rings (SSSR count). The molecule has 1 amide bonds. The summed E-state index contributed by atoms with van der Waals surface area (Å²) >= 11 is 2.30. The maximum Gasteiger partial charge on any atom is 0.219 e. The Kier molecular flexibility index (Phi) is 12.0. The average Bonchev–Trinajstić information content (AvgIpc) is 2.54. The molecule has 0 unspecified atom stereocenters. The molecular formula is C19H30INO2. The Hall–Kier alpha value is -0.780. The van der Waals surface area contributed by atoms with Crippen LogP contribution in [-0.4, -0.2) is 19.1 Å². The molecule has 0 atom stereocenters. The third-order valence-corrected chi connectivity index (χ3v) is 4.47. The Balaban J connectivity index is 1.83. The highest BCUT2D eigenvalue weighted by Crippen LogP contribution is 2.14. The van der Waals surface area contributed by atoms with Gasteiger partial charge in [-0.05, 0) is 66.6 Å². The van der Waals surface area contributed by atoms with Crippen molar-refractivity contribution in [1.82, 2.24) is 5.32 Å². The quantitative estimate of drug-likeness (QED) is 0.339. The van der Waals surface area contributed by atoms with Gasteiger partial charge in [-0.2, -0.15) is 0 Å². The number of hydrogen-bond donors (Lipinski definition) is 1. The summed E-state index contributed by atoms with van der Waals surface area (Å²) in [6, 6.07) is 8.20. The van der Waals surface area contributed by atoms with Crippen LogP contribution < -0.4 is 10.1 Å². The van der Waals surface area contributed by atoms with Crippen LogP contribution >= 0.6 is 22.6 Å². The van der Waals surface area contributed by atoms with E-state index in [-0.39, 0.29) is 5.91 Å². The summed E-state index contributed by atoms with van der Waals surface area (Å²) in [4.78, 5) is 11.3. The number of hydrogen-bond acceptors (Lipinski definition) is 2. The number of nitrogens with one attached hydrogen (secondary N) is 1. The Morgan fingerprint density at radius 3 is 2.13 bits per heavy atom. The van der Waals surface area contributed by atoms with Gasteiger partial charge in [0.15, 0.2) is 0 Å². The predicted octanol–water partition coefficient (Wildman–Crippen LogP) is 5.32. The third kappa shape index (κ3) is 11.4. The van der Waals surface area contributed by atoms with Crippen LogP contribution in [0.25, 0.3) is 0 Å². The van der Waals surface area contributed by atoms with E-state index in [1.807, 2.05) is 19.1 Å². The smallest absolute Gasteiger partial charge is 0.219 e. The van der Waals surface area contributed by atoms with Gasteiger partial charge >= 0.3 is 0 Å². The number of ether oxygens (including phenoxy) is 1. The van der Waals surface area contributed by atoms with E-state index in [9.17, 15) is 4.79 Å². The average molecular weight is 431 g/mol. The summed E-state index contributed by atoms with van der Waals surface area (Å²) in [5.41, 5.74) is 0. The van der Waals surface area contributed by atoms with Crippen molar-refractivity contribution in [2.45, 2.75) is 64.7 Å². The number of carbonyl (C=O) groups is 1. The SMILES string of the molecule is CCNC(=O)CCCCCCCCCCOc1ccc(I)cc1. The highest BCUT2D eigenvalue weighted by Gasteiger charge is 1.99. The van der Waals surface area contributed by atoms with Crippen molar-refractivity contribution in [2.75, 3.05) is 13.2 Å². The monoisotopic (exact) mass is 431 g/mol. The van der Waals surface area contributed by atoms with Crippen LogP contribution in [0.15, 0.2) is 24.3 Å². The predicted molar refractivity (Wildman–Crippen MR) is 105 cm³/mol. The molecule has 0 saturated carbocycles. The van der Waals surface area contributed by atoms with Gasteiger partial charge in [-0.1, -0.05) is 38.5 Å². The van der Waals surface area contributed by atoms with Gasteiger partial charge in [-0.3, -0.25) is 4.79 Å². The molecule has 0 aliphatic heterocycles. The van der Waals surface area contributed by atoms with Crippen molar-refractivity contribution in [1.29, 1.82) is 0 Å². The lowest BCUT2D eigenvalue weighted by molar-refractivity contribution is -0.121. The number of benzene rings is 1. The van der Waals surface area contributed by atoms with E-state index in [1.165, 1.54) is 42.1 Å². The summed E-state index contributed by atoms with van der Waals surface area (Å²) in [6.45, 7) is 3.52. The summed E-state index contributed by atoms with van der Waals surface area (Å²) in [7, 11) is 0. The lowest BCUT2D eigenvalue weighted by Crippen LogP contribution is -2.21. The Bertz CT molecular complexity index is 420. The van der Waals surface area contributed by atoms with Gasteiger partial charge in [0.1, 0.15) is 5.75 Å². The van der Waals surface area contributed by atoms with Crippen LogP contribution in [-0.2, 0) is 4.79 Å². The molecule has 0 fully saturated rings. The van der Waals surface area contributed by atoms with Crippen molar-refractivity contribution in [2.24, 2.45) is 0 Å². The molecule has 1 aromatic rings. The zero-order chi connectivity index (χ0) is 16.8. The minimum absolute atomic E-state index is 0.195. The summed E-state index contributed by atoms with van der Waals surface area (Å²) in [5, 5.41) is 2.84. The lowest BCUT2D eigenvalue weighted by atomic mass is 10.1. The molecule has 3 nitrogen and oxygen atoms in total. The van der Waals surface area contributed by atoms with Crippen molar-refractivity contribution in [3.05, 3.63) is 27.8 Å². The van der Waals surface area contributed by atoms with Crippen LogP contribution in [0.3, 0.4) is 0 Å². The summed E-state index contributed by atoms with van der Waals surface area (Å²) < 4.78 is 6.96. The number of amides is 1. The van der Waals surface area contributed by atoms with E-state index in [2.05, 4.69) is 40.0 Å². The maximum atomic E-state index is 11.3. The molecule has 23 heavy (non-hydrogen) atoms. The van der Waals surface area contributed by atoms with Crippen LogP contribution in [0.4, 0.5) is 0 Å². The first kappa shape index (κ1) is 20.3. The van der Waals surface area contributed by atoms with Crippen LogP contribution in [0.2, 0.25) is 0 Å². The highest BCUT2D eigenvalue weighted by molar-refractivity contribution is 14.1. The molecule has 0 radical (unpaired) electrons. The molecule has 0 spiro atoms. The largest absolute Gasteiger partial charge is 0.494 e. The van der Waals surface area contributed by atoms with Gasteiger partial charge in [0.25, 0.3) is 0 Å². The molecule has 1 aromatic carbocycles. The second kappa shape index (κ2) is 13.6. The fourth-order valence-corrected chi connectivity index (χ4v) is 2.81. The number of unbranched alkanes of at least 4 members (excludes halogenated alkanes) is 7. The minimum atomic E-state index is 0.195. The zero-order valence-corrected chi connectivity index (χ0v) is 16.4. The molecule has 0 aliphatic rings. The minimum Gasteiger partial charge on any atom is -0.494 e. The normalized spacial score (nSPS) is 10.5. The third-order valence-electron chi connectivity index (χ3n) is 3.75. The first-order valence-corrected chi connectivity index (χ1v) is 9.95. The van der Waals surface area contributed by atoms with Crippen molar-refractivity contribution in [3.63, 3.8) is 0 Å². The molecule has 130 valence electrons. The van der Waals surface area contributed by atoms with Gasteiger partial charge in [0.2, 0.25) is 5.91 Å². The first-order valence-electron chi connectivity index (χ1n) is 8.87. The highest BCUT2D eigenvalue weighted by atomic mass is 127. The summed E-state index contributed by atoms with van der Waals surface area (Å²) in [6.07, 6.45) is 10.4. The van der Waals surface area contributed by atoms with E-state index in [1.54, 1.807) is 0 Å². The van der Waals surface area contributed by atoms with Gasteiger partial charge in [-0.25, -0.2) is 0 Å². The lowest BCUT2D eigenvalue weighted by Gasteiger charge is -2.06.